The first kappa shape index (κ1) is 15.3. The van der Waals surface area contributed by atoms with Crippen molar-refractivity contribution >= 4 is 0 Å². The predicted molar refractivity (Wildman–Crippen MR) is 68.3 cm³/mol. The fourth-order valence-electron chi connectivity index (χ4n) is 1.94. The summed E-state index contributed by atoms with van der Waals surface area (Å²) in [4.78, 5) is 0. The Kier molecular flexibility index (Phi) is 4.18. The number of hydrogen-bond donors (Lipinski definition) is 1. The molecule has 0 aliphatic heterocycles. The molecule has 6 heteroatoms. The maximum atomic E-state index is 13.2. The van der Waals surface area contributed by atoms with Gasteiger partial charge in [0.25, 0.3) is 0 Å². The van der Waals surface area contributed by atoms with E-state index in [1.165, 1.54) is 37.3 Å². The van der Waals surface area contributed by atoms with Crippen molar-refractivity contribution in [1.82, 2.24) is 0 Å². The molecule has 0 aromatic heterocycles. The van der Waals surface area contributed by atoms with Gasteiger partial charge in [0.15, 0.2) is 0 Å². The molecule has 0 spiro atoms. The van der Waals surface area contributed by atoms with Crippen LogP contribution in [0, 0.1) is 12.7 Å². The summed E-state index contributed by atoms with van der Waals surface area (Å²) in [6.45, 7) is 1.50. The Morgan fingerprint density at radius 3 is 2.38 bits per heavy atom. The fraction of sp³-hybridized carbons (Fsp3) is 0.200. The van der Waals surface area contributed by atoms with Crippen LogP contribution in [0.5, 0.6) is 5.75 Å². The van der Waals surface area contributed by atoms with Gasteiger partial charge in [-0.15, -0.1) is 13.2 Å². The highest BCUT2D eigenvalue weighted by atomic mass is 19.4. The third-order valence-corrected chi connectivity index (χ3v) is 2.94. The van der Waals surface area contributed by atoms with Crippen molar-refractivity contribution in [2.45, 2.75) is 19.4 Å². The van der Waals surface area contributed by atoms with Gasteiger partial charge in [0.2, 0.25) is 0 Å². The van der Waals surface area contributed by atoms with Crippen molar-refractivity contribution in [1.29, 1.82) is 0 Å². The SMILES string of the molecule is Cc1cc(C(O)c2ccccc2OC(F)(F)F)ccc1F. The highest BCUT2D eigenvalue weighted by Gasteiger charge is 2.33. The van der Waals surface area contributed by atoms with E-state index in [2.05, 4.69) is 4.74 Å². The summed E-state index contributed by atoms with van der Waals surface area (Å²) in [7, 11) is 0. The lowest BCUT2D eigenvalue weighted by atomic mass is 9.99. The normalized spacial score (nSPS) is 13.0. The lowest BCUT2D eigenvalue weighted by Gasteiger charge is -2.17. The van der Waals surface area contributed by atoms with E-state index in [9.17, 15) is 22.7 Å². The zero-order chi connectivity index (χ0) is 15.6. The standard InChI is InChI=1S/C15H12F4O2/c1-9-8-10(6-7-12(9)16)14(20)11-4-2-3-5-13(11)21-15(17,18)19/h2-8,14,20H,1H3. The van der Waals surface area contributed by atoms with Crippen LogP contribution < -0.4 is 4.74 Å². The van der Waals surface area contributed by atoms with Gasteiger partial charge in [-0.3, -0.25) is 0 Å². The minimum atomic E-state index is -4.85. The predicted octanol–water partition coefficient (Wildman–Crippen LogP) is 4.11. The number of halogens is 4. The number of rotatable bonds is 3. The highest BCUT2D eigenvalue weighted by Crippen LogP contribution is 2.33. The zero-order valence-electron chi connectivity index (χ0n) is 11.0. The van der Waals surface area contributed by atoms with Crippen LogP contribution in [0.25, 0.3) is 0 Å². The van der Waals surface area contributed by atoms with Crippen LogP contribution in [0.15, 0.2) is 42.5 Å². The Morgan fingerprint density at radius 1 is 1.10 bits per heavy atom. The molecule has 0 aliphatic carbocycles. The first-order valence-corrected chi connectivity index (χ1v) is 6.07. The van der Waals surface area contributed by atoms with E-state index in [4.69, 9.17) is 0 Å². The molecule has 112 valence electrons. The van der Waals surface area contributed by atoms with Crippen molar-refractivity contribution in [3.05, 3.63) is 65.0 Å². The van der Waals surface area contributed by atoms with Gasteiger partial charge in [-0.2, -0.15) is 0 Å². The Balaban J connectivity index is 2.38. The molecule has 2 aromatic carbocycles. The second-order valence-electron chi connectivity index (χ2n) is 4.50. The van der Waals surface area contributed by atoms with Crippen LogP contribution in [0.1, 0.15) is 22.8 Å². The molecule has 0 bridgehead atoms. The van der Waals surface area contributed by atoms with E-state index < -0.39 is 24.0 Å². The number of alkyl halides is 3. The molecule has 0 fully saturated rings. The summed E-state index contributed by atoms with van der Waals surface area (Å²) in [5, 5.41) is 10.2. The smallest absolute Gasteiger partial charge is 0.405 e. The second-order valence-corrected chi connectivity index (χ2v) is 4.50. The minimum Gasteiger partial charge on any atom is -0.405 e. The van der Waals surface area contributed by atoms with E-state index in [0.29, 0.717) is 5.56 Å². The van der Waals surface area contributed by atoms with E-state index >= 15 is 0 Å². The van der Waals surface area contributed by atoms with Crippen LogP contribution in [0.4, 0.5) is 17.6 Å². The van der Waals surface area contributed by atoms with E-state index in [1.54, 1.807) is 0 Å². The molecule has 0 saturated carbocycles. The fourth-order valence-corrected chi connectivity index (χ4v) is 1.94. The summed E-state index contributed by atoms with van der Waals surface area (Å²) in [5.74, 6) is -0.940. The van der Waals surface area contributed by atoms with Crippen LogP contribution in [-0.2, 0) is 0 Å². The van der Waals surface area contributed by atoms with Gasteiger partial charge in [-0.1, -0.05) is 30.3 Å². The van der Waals surface area contributed by atoms with Gasteiger partial charge in [-0.25, -0.2) is 4.39 Å². The first-order chi connectivity index (χ1) is 9.78. The van der Waals surface area contributed by atoms with Crippen LogP contribution in [0.2, 0.25) is 0 Å². The molecule has 2 nitrogen and oxygen atoms in total. The summed E-state index contributed by atoms with van der Waals surface area (Å²) in [6, 6.07) is 9.14. The molecule has 1 N–H and O–H groups in total. The van der Waals surface area contributed by atoms with E-state index in [1.807, 2.05) is 0 Å². The number of ether oxygens (including phenoxy) is 1. The van der Waals surface area contributed by atoms with Crippen LogP contribution in [0.3, 0.4) is 0 Å². The van der Waals surface area contributed by atoms with Gasteiger partial charge in [0, 0.05) is 5.56 Å². The average Bonchev–Trinajstić information content (AvgIpc) is 2.40. The molecule has 21 heavy (non-hydrogen) atoms. The van der Waals surface area contributed by atoms with Gasteiger partial charge in [0.1, 0.15) is 17.7 Å². The number of aryl methyl sites for hydroxylation is 1. The molecular formula is C15H12F4O2. The van der Waals surface area contributed by atoms with Gasteiger partial charge >= 0.3 is 6.36 Å². The van der Waals surface area contributed by atoms with Crippen molar-refractivity contribution in [2.24, 2.45) is 0 Å². The average molecular weight is 300 g/mol. The van der Waals surface area contributed by atoms with E-state index in [0.717, 1.165) is 12.1 Å². The van der Waals surface area contributed by atoms with Crippen molar-refractivity contribution in [3.63, 3.8) is 0 Å². The van der Waals surface area contributed by atoms with E-state index in [-0.39, 0.29) is 11.1 Å². The second kappa shape index (κ2) is 5.73. The molecule has 0 radical (unpaired) electrons. The third-order valence-electron chi connectivity index (χ3n) is 2.94. The number of aliphatic hydroxyl groups is 1. The largest absolute Gasteiger partial charge is 0.573 e. The van der Waals surface area contributed by atoms with Gasteiger partial charge in [-0.05, 0) is 30.2 Å². The van der Waals surface area contributed by atoms with Crippen LogP contribution >= 0.6 is 0 Å². The van der Waals surface area contributed by atoms with Crippen molar-refractivity contribution < 1.29 is 27.4 Å². The Morgan fingerprint density at radius 2 is 1.76 bits per heavy atom. The number of benzene rings is 2. The third kappa shape index (κ3) is 3.72. The topological polar surface area (TPSA) is 29.5 Å². The summed E-state index contributed by atoms with van der Waals surface area (Å²) < 4.78 is 54.2. The molecular weight excluding hydrogens is 288 g/mol. The molecule has 2 rings (SSSR count). The maximum absolute atomic E-state index is 13.2. The zero-order valence-corrected chi connectivity index (χ0v) is 11.0. The van der Waals surface area contributed by atoms with Crippen molar-refractivity contribution in [2.75, 3.05) is 0 Å². The highest BCUT2D eigenvalue weighted by molar-refractivity contribution is 5.41. The number of hydrogen-bond acceptors (Lipinski definition) is 2. The maximum Gasteiger partial charge on any atom is 0.573 e. The molecule has 0 saturated heterocycles. The summed E-state index contributed by atoms with van der Waals surface area (Å²) in [6.07, 6.45) is -6.20. The van der Waals surface area contributed by atoms with Gasteiger partial charge in [0.05, 0.1) is 0 Å². The van der Waals surface area contributed by atoms with Gasteiger partial charge < -0.3 is 9.84 Å². The summed E-state index contributed by atoms with van der Waals surface area (Å²) in [5.41, 5.74) is 0.536. The lowest BCUT2D eigenvalue weighted by molar-refractivity contribution is -0.275. The summed E-state index contributed by atoms with van der Waals surface area (Å²) >= 11 is 0. The number of para-hydroxylation sites is 1. The number of aliphatic hydroxyl groups excluding tert-OH is 1. The minimum absolute atomic E-state index is 0.0409. The van der Waals surface area contributed by atoms with Crippen molar-refractivity contribution in [3.8, 4) is 5.75 Å². The Labute approximate surface area is 118 Å². The molecule has 1 atom stereocenters. The molecule has 1 unspecified atom stereocenters. The molecule has 0 aliphatic rings. The first-order valence-electron chi connectivity index (χ1n) is 6.07. The monoisotopic (exact) mass is 300 g/mol. The molecule has 0 heterocycles. The molecule has 2 aromatic rings. The Bertz CT molecular complexity index is 638. The molecule has 0 amide bonds. The quantitative estimate of drug-likeness (QED) is 0.864. The lowest BCUT2D eigenvalue weighted by Crippen LogP contribution is -2.18. The van der Waals surface area contributed by atoms with Crippen LogP contribution in [-0.4, -0.2) is 11.5 Å². The Hall–Kier alpha value is -2.08.